The molecular formula is C22H26FN5O. The van der Waals surface area contributed by atoms with Crippen molar-refractivity contribution in [3.8, 4) is 5.75 Å². The van der Waals surface area contributed by atoms with Crippen LogP contribution < -0.4 is 20.7 Å². The predicted molar refractivity (Wildman–Crippen MR) is 110 cm³/mol. The topological polar surface area (TPSA) is 76.3 Å². The van der Waals surface area contributed by atoms with Gasteiger partial charge in [-0.3, -0.25) is 0 Å². The van der Waals surface area contributed by atoms with E-state index in [1.165, 1.54) is 18.9 Å². The molecule has 1 saturated heterocycles. The normalized spacial score (nSPS) is 23.8. The molecule has 2 atom stereocenters. The lowest BCUT2D eigenvalue weighted by Gasteiger charge is -2.20. The average Bonchev–Trinajstić information content (AvgIpc) is 3.31. The number of methoxy groups -OCH3 is 1. The van der Waals surface area contributed by atoms with Gasteiger partial charge in [-0.1, -0.05) is 6.07 Å². The molecule has 2 aliphatic heterocycles. The van der Waals surface area contributed by atoms with Crippen LogP contribution in [0.25, 0.3) is 5.57 Å². The Bertz CT molecular complexity index is 958. The smallest absolute Gasteiger partial charge is 0.225 e. The van der Waals surface area contributed by atoms with E-state index >= 15 is 0 Å². The van der Waals surface area contributed by atoms with Crippen LogP contribution in [0.1, 0.15) is 54.6 Å². The summed E-state index contributed by atoms with van der Waals surface area (Å²) >= 11 is 0. The van der Waals surface area contributed by atoms with Crippen LogP contribution in [0.3, 0.4) is 0 Å². The van der Waals surface area contributed by atoms with Gasteiger partial charge in [0.25, 0.3) is 0 Å². The number of aromatic nitrogens is 2. The number of hydrogen-bond donors (Lipinski definition) is 2. The molecule has 152 valence electrons. The number of nitrogens with one attached hydrogen (secondary N) is 1. The summed E-state index contributed by atoms with van der Waals surface area (Å²) in [5.74, 6) is 1.58. The first-order valence-electron chi connectivity index (χ1n) is 10.3. The fraction of sp³-hybridized carbons (Fsp3) is 0.455. The number of ether oxygens (including phenoxy) is 1. The van der Waals surface area contributed by atoms with Gasteiger partial charge >= 0.3 is 0 Å². The molecule has 7 heteroatoms. The Morgan fingerprint density at radius 2 is 2.03 bits per heavy atom. The average molecular weight is 395 g/mol. The molecule has 6 nitrogen and oxygen atoms in total. The molecule has 0 spiro atoms. The number of nitrogens with zero attached hydrogens (tertiary/aromatic N) is 3. The van der Waals surface area contributed by atoms with E-state index in [0.717, 1.165) is 42.4 Å². The Balaban J connectivity index is 1.43. The molecule has 2 fully saturated rings. The highest BCUT2D eigenvalue weighted by molar-refractivity contribution is 5.73. The van der Waals surface area contributed by atoms with E-state index in [4.69, 9.17) is 20.4 Å². The van der Waals surface area contributed by atoms with Crippen LogP contribution in [0.2, 0.25) is 0 Å². The minimum absolute atomic E-state index is 0.00941. The van der Waals surface area contributed by atoms with Gasteiger partial charge in [0.1, 0.15) is 11.6 Å². The molecule has 1 unspecified atom stereocenters. The molecule has 1 aromatic carbocycles. The Kier molecular flexibility index (Phi) is 4.62. The first kappa shape index (κ1) is 18.4. The molecule has 29 heavy (non-hydrogen) atoms. The van der Waals surface area contributed by atoms with Crippen LogP contribution in [0.4, 0.5) is 10.3 Å². The summed E-state index contributed by atoms with van der Waals surface area (Å²) in [6.07, 6.45) is 5.87. The molecule has 1 saturated carbocycles. The van der Waals surface area contributed by atoms with Crippen molar-refractivity contribution in [1.82, 2.24) is 15.3 Å². The highest BCUT2D eigenvalue weighted by Gasteiger charge is 2.31. The lowest BCUT2D eigenvalue weighted by atomic mass is 9.99. The van der Waals surface area contributed by atoms with E-state index in [0.29, 0.717) is 23.7 Å². The van der Waals surface area contributed by atoms with Crippen molar-refractivity contribution in [2.45, 2.75) is 43.7 Å². The van der Waals surface area contributed by atoms with Crippen molar-refractivity contribution in [3.63, 3.8) is 0 Å². The molecule has 0 radical (unpaired) electrons. The van der Waals surface area contributed by atoms with Crippen molar-refractivity contribution in [2.75, 3.05) is 25.1 Å². The maximum absolute atomic E-state index is 14.5. The Morgan fingerprint density at radius 1 is 1.21 bits per heavy atom. The van der Waals surface area contributed by atoms with E-state index in [-0.39, 0.29) is 17.9 Å². The SMILES string of the molecule is COc1cccc(F)c1C1=CNC(c2cc(C3CC3)nc(N3CC[C@H](N)C3)n2)C1. The summed E-state index contributed by atoms with van der Waals surface area (Å²) in [5.41, 5.74) is 9.57. The lowest BCUT2D eigenvalue weighted by molar-refractivity contribution is 0.409. The van der Waals surface area contributed by atoms with Gasteiger partial charge in [0.2, 0.25) is 5.95 Å². The Labute approximate surface area is 170 Å². The molecule has 1 aliphatic carbocycles. The molecule has 0 bridgehead atoms. The Hall–Kier alpha value is -2.67. The summed E-state index contributed by atoms with van der Waals surface area (Å²) in [6, 6.07) is 7.21. The van der Waals surface area contributed by atoms with Gasteiger partial charge in [0, 0.05) is 43.4 Å². The summed E-state index contributed by atoms with van der Waals surface area (Å²) in [5, 5.41) is 3.40. The molecular weight excluding hydrogens is 369 g/mol. The summed E-state index contributed by atoms with van der Waals surface area (Å²) in [7, 11) is 1.57. The van der Waals surface area contributed by atoms with Gasteiger partial charge in [-0.15, -0.1) is 0 Å². The quantitative estimate of drug-likeness (QED) is 0.810. The fourth-order valence-electron chi connectivity index (χ4n) is 4.24. The minimum atomic E-state index is -0.272. The van der Waals surface area contributed by atoms with E-state index < -0.39 is 0 Å². The molecule has 3 heterocycles. The third-order valence-corrected chi connectivity index (χ3v) is 6.01. The highest BCUT2D eigenvalue weighted by atomic mass is 19.1. The van der Waals surface area contributed by atoms with Crippen LogP contribution >= 0.6 is 0 Å². The van der Waals surface area contributed by atoms with Crippen molar-refractivity contribution in [1.29, 1.82) is 0 Å². The zero-order valence-corrected chi connectivity index (χ0v) is 16.6. The van der Waals surface area contributed by atoms with Crippen LogP contribution in [0.15, 0.2) is 30.5 Å². The number of rotatable bonds is 5. The standard InChI is InChI=1S/C22H26FN5O/c1-29-20-4-2-3-16(23)21(20)14-9-18(25-11-14)19-10-17(13-5-6-13)26-22(27-19)28-8-7-15(24)12-28/h2-4,10-11,13,15,18,25H,5-9,12,24H2,1H3/t15-,18?/m0/s1. The van der Waals surface area contributed by atoms with Gasteiger partial charge < -0.3 is 20.7 Å². The molecule has 0 amide bonds. The van der Waals surface area contributed by atoms with E-state index in [1.807, 2.05) is 6.20 Å². The minimum Gasteiger partial charge on any atom is -0.496 e. The van der Waals surface area contributed by atoms with Crippen molar-refractivity contribution in [3.05, 3.63) is 53.2 Å². The second-order valence-electron chi connectivity index (χ2n) is 8.20. The van der Waals surface area contributed by atoms with Gasteiger partial charge in [0.15, 0.2) is 0 Å². The van der Waals surface area contributed by atoms with Gasteiger partial charge in [0.05, 0.1) is 24.4 Å². The number of halogens is 1. The van der Waals surface area contributed by atoms with Gasteiger partial charge in [-0.2, -0.15) is 0 Å². The molecule has 1 aromatic heterocycles. The maximum atomic E-state index is 14.5. The van der Waals surface area contributed by atoms with Crippen LogP contribution in [-0.4, -0.2) is 36.2 Å². The third-order valence-electron chi connectivity index (χ3n) is 6.01. The fourth-order valence-corrected chi connectivity index (χ4v) is 4.24. The van der Waals surface area contributed by atoms with Gasteiger partial charge in [-0.05, 0) is 43.0 Å². The van der Waals surface area contributed by atoms with Gasteiger partial charge in [-0.25, -0.2) is 14.4 Å². The first-order chi connectivity index (χ1) is 14.1. The molecule has 3 aliphatic rings. The number of anilines is 1. The summed E-state index contributed by atoms with van der Waals surface area (Å²) < 4.78 is 19.9. The second kappa shape index (κ2) is 7.30. The molecule has 3 N–H and O–H groups in total. The third kappa shape index (κ3) is 3.55. The number of benzene rings is 1. The van der Waals surface area contributed by atoms with Crippen molar-refractivity contribution < 1.29 is 9.13 Å². The van der Waals surface area contributed by atoms with Crippen LogP contribution in [-0.2, 0) is 0 Å². The zero-order chi connectivity index (χ0) is 20.0. The highest BCUT2D eigenvalue weighted by Crippen LogP contribution is 2.42. The monoisotopic (exact) mass is 395 g/mol. The summed E-state index contributed by atoms with van der Waals surface area (Å²) in [4.78, 5) is 11.9. The Morgan fingerprint density at radius 3 is 2.76 bits per heavy atom. The van der Waals surface area contributed by atoms with E-state index in [9.17, 15) is 4.39 Å². The van der Waals surface area contributed by atoms with Crippen molar-refractivity contribution in [2.24, 2.45) is 5.73 Å². The van der Waals surface area contributed by atoms with Crippen LogP contribution in [0, 0.1) is 5.82 Å². The summed E-state index contributed by atoms with van der Waals surface area (Å²) in [6.45, 7) is 1.68. The predicted octanol–water partition coefficient (Wildman–Crippen LogP) is 3.11. The molecule has 5 rings (SSSR count). The number of nitrogens with two attached hydrogens (primary N) is 1. The zero-order valence-electron chi connectivity index (χ0n) is 16.6. The largest absolute Gasteiger partial charge is 0.496 e. The van der Waals surface area contributed by atoms with Crippen molar-refractivity contribution >= 4 is 11.5 Å². The van der Waals surface area contributed by atoms with E-state index in [2.05, 4.69) is 16.3 Å². The molecule has 2 aromatic rings. The lowest BCUT2D eigenvalue weighted by Crippen LogP contribution is -2.28. The number of hydrogen-bond acceptors (Lipinski definition) is 6. The maximum Gasteiger partial charge on any atom is 0.225 e. The first-order valence-corrected chi connectivity index (χ1v) is 10.3. The second-order valence-corrected chi connectivity index (χ2v) is 8.20. The van der Waals surface area contributed by atoms with Crippen LogP contribution in [0.5, 0.6) is 5.75 Å². The van der Waals surface area contributed by atoms with E-state index in [1.54, 1.807) is 19.2 Å².